The van der Waals surface area contributed by atoms with Crippen LogP contribution in [0.3, 0.4) is 0 Å². The van der Waals surface area contributed by atoms with Crippen molar-refractivity contribution in [3.63, 3.8) is 0 Å². The molecule has 1 N–H and O–H groups in total. The number of quaternary nitrogens is 1. The maximum Gasteiger partial charge on any atom is 0.164 e. The molecule has 0 bridgehead atoms. The normalized spacial score (nSPS) is 30.5. The zero-order valence-corrected chi connectivity index (χ0v) is 7.52. The lowest BCUT2D eigenvalue weighted by atomic mass is 10.5. The summed E-state index contributed by atoms with van der Waals surface area (Å²) in [6.45, 7) is 5.62. The van der Waals surface area contributed by atoms with E-state index in [9.17, 15) is 0 Å². The average molecular weight is 163 g/mol. The van der Waals surface area contributed by atoms with E-state index in [1.807, 2.05) is 0 Å². The number of hydrogen-bond donors (Lipinski definition) is 1. The molecule has 2 nitrogen and oxygen atoms in total. The number of nitrogens with zero attached hydrogens (tertiary/aromatic N) is 1. The Kier molecular flexibility index (Phi) is 3.76. The Morgan fingerprint density at radius 3 is 2.40 bits per heavy atom. The van der Waals surface area contributed by atoms with E-state index in [2.05, 4.69) is 38.2 Å². The summed E-state index contributed by atoms with van der Waals surface area (Å²) in [7, 11) is 2.11. The highest BCUT2D eigenvalue weighted by Crippen LogP contribution is 1.92. The minimum atomic E-state index is 0. The molecule has 0 aromatic carbocycles. The molecule has 0 fully saturated rings. The quantitative estimate of drug-likeness (QED) is 0.424. The van der Waals surface area contributed by atoms with Crippen LogP contribution in [0.4, 0.5) is 0 Å². The third-order valence-corrected chi connectivity index (χ3v) is 2.08. The lowest BCUT2D eigenvalue weighted by Crippen LogP contribution is -3.10. The fourth-order valence-corrected chi connectivity index (χ4v) is 1.16. The topological polar surface area (TPSA) is 7.68 Å². The monoisotopic (exact) mass is 162 g/mol. The Bertz CT molecular complexity index is 125. The van der Waals surface area contributed by atoms with E-state index >= 15 is 0 Å². The molecular weight excluding hydrogens is 148 g/mol. The van der Waals surface area contributed by atoms with Gasteiger partial charge in [-0.15, -0.1) is 0 Å². The van der Waals surface area contributed by atoms with Crippen LogP contribution in [0.5, 0.6) is 0 Å². The van der Waals surface area contributed by atoms with E-state index in [-0.39, 0.29) is 12.4 Å². The van der Waals surface area contributed by atoms with E-state index in [0.717, 1.165) is 0 Å². The van der Waals surface area contributed by atoms with Crippen molar-refractivity contribution in [1.29, 1.82) is 0 Å². The Morgan fingerprint density at radius 1 is 1.60 bits per heavy atom. The zero-order chi connectivity index (χ0) is 6.85. The molecular formula is C7H15ClN2. The maximum absolute atomic E-state index is 2.23. The van der Waals surface area contributed by atoms with Crippen LogP contribution in [0.25, 0.3) is 0 Å². The molecule has 0 amide bonds. The molecule has 1 aliphatic rings. The van der Waals surface area contributed by atoms with Crippen molar-refractivity contribution < 1.29 is 17.3 Å². The predicted molar refractivity (Wildman–Crippen MR) is 37.9 cm³/mol. The van der Waals surface area contributed by atoms with Crippen molar-refractivity contribution in [1.82, 2.24) is 4.90 Å². The summed E-state index contributed by atoms with van der Waals surface area (Å²) < 4.78 is 0. The first-order chi connectivity index (χ1) is 4.25. The second-order valence-electron chi connectivity index (χ2n) is 2.59. The van der Waals surface area contributed by atoms with Crippen molar-refractivity contribution in [2.45, 2.75) is 20.0 Å². The smallest absolute Gasteiger partial charge is 0.164 e. The summed E-state index contributed by atoms with van der Waals surface area (Å²) >= 11 is 0. The largest absolute Gasteiger partial charge is 1.00 e. The summed E-state index contributed by atoms with van der Waals surface area (Å²) in [5, 5.41) is 0. The lowest BCUT2D eigenvalue weighted by Gasteiger charge is -2.19. The first-order valence-corrected chi connectivity index (χ1v) is 3.51. The molecule has 2 unspecified atom stereocenters. The number of rotatable bonds is 1. The van der Waals surface area contributed by atoms with Gasteiger partial charge >= 0.3 is 0 Å². The second kappa shape index (κ2) is 3.84. The van der Waals surface area contributed by atoms with Gasteiger partial charge in [-0.05, 0) is 6.92 Å². The van der Waals surface area contributed by atoms with Gasteiger partial charge in [-0.1, -0.05) is 0 Å². The van der Waals surface area contributed by atoms with Gasteiger partial charge in [-0.25, -0.2) is 0 Å². The number of halogens is 1. The highest BCUT2D eigenvalue weighted by Gasteiger charge is 2.21. The molecule has 2 atom stereocenters. The van der Waals surface area contributed by atoms with E-state index in [4.69, 9.17) is 0 Å². The molecule has 1 heterocycles. The van der Waals surface area contributed by atoms with Gasteiger partial charge in [0.1, 0.15) is 6.20 Å². The number of hydrogen-bond acceptors (Lipinski definition) is 1. The fraction of sp³-hybridized carbons (Fsp3) is 0.714. The highest BCUT2D eigenvalue weighted by molar-refractivity contribution is 4.78. The minimum absolute atomic E-state index is 0. The molecule has 1 aliphatic heterocycles. The van der Waals surface area contributed by atoms with Crippen molar-refractivity contribution in [3.05, 3.63) is 12.4 Å². The van der Waals surface area contributed by atoms with E-state index < -0.39 is 0 Å². The van der Waals surface area contributed by atoms with Crippen LogP contribution < -0.4 is 17.3 Å². The summed E-state index contributed by atoms with van der Waals surface area (Å²) in [4.78, 5) is 3.77. The molecule has 1 rings (SSSR count). The second-order valence-corrected chi connectivity index (χ2v) is 2.59. The Hall–Kier alpha value is -0.210. The molecule has 0 aliphatic carbocycles. The third kappa shape index (κ3) is 1.64. The van der Waals surface area contributed by atoms with Crippen LogP contribution in [0.15, 0.2) is 12.4 Å². The van der Waals surface area contributed by atoms with Gasteiger partial charge in [0.2, 0.25) is 0 Å². The Labute approximate surface area is 68.9 Å². The molecule has 0 radical (unpaired) electrons. The van der Waals surface area contributed by atoms with Gasteiger partial charge in [-0.3, -0.25) is 4.90 Å². The molecule has 60 valence electrons. The van der Waals surface area contributed by atoms with E-state index in [0.29, 0.717) is 6.17 Å². The SMILES string of the molecule is CC[NH+]1C=CN(C)C1C.[Cl-]. The van der Waals surface area contributed by atoms with Gasteiger partial charge < -0.3 is 17.3 Å². The molecule has 0 aromatic rings. The van der Waals surface area contributed by atoms with Gasteiger partial charge in [0, 0.05) is 14.0 Å². The predicted octanol–water partition coefficient (Wildman–Crippen LogP) is -3.34. The van der Waals surface area contributed by atoms with Crippen LogP contribution in [0.1, 0.15) is 13.8 Å². The number of nitrogens with one attached hydrogen (secondary N) is 1. The lowest BCUT2D eigenvalue weighted by molar-refractivity contribution is -0.873. The Morgan fingerprint density at radius 2 is 2.20 bits per heavy atom. The summed E-state index contributed by atoms with van der Waals surface area (Å²) in [5.74, 6) is 0. The standard InChI is InChI=1S/C7H14N2.ClH/c1-4-9-6-5-8(3)7(9)2;/h5-7H,4H2,1-3H3;1H. The molecule has 0 aromatic heterocycles. The van der Waals surface area contributed by atoms with Crippen molar-refractivity contribution in [3.8, 4) is 0 Å². The van der Waals surface area contributed by atoms with Crippen molar-refractivity contribution in [2.24, 2.45) is 0 Å². The first kappa shape index (κ1) is 9.79. The fourth-order valence-electron chi connectivity index (χ4n) is 1.16. The van der Waals surface area contributed by atoms with Crippen LogP contribution in [-0.4, -0.2) is 24.7 Å². The van der Waals surface area contributed by atoms with Crippen molar-refractivity contribution in [2.75, 3.05) is 13.6 Å². The molecule has 0 saturated carbocycles. The minimum Gasteiger partial charge on any atom is -1.00 e. The average Bonchev–Trinajstić information content (AvgIpc) is 2.15. The first-order valence-electron chi connectivity index (χ1n) is 3.51. The van der Waals surface area contributed by atoms with Gasteiger partial charge in [0.25, 0.3) is 0 Å². The van der Waals surface area contributed by atoms with Gasteiger partial charge in [0.15, 0.2) is 6.17 Å². The van der Waals surface area contributed by atoms with Crippen LogP contribution in [0, 0.1) is 0 Å². The van der Waals surface area contributed by atoms with Gasteiger partial charge in [0.05, 0.1) is 12.7 Å². The van der Waals surface area contributed by atoms with E-state index in [1.54, 1.807) is 0 Å². The zero-order valence-electron chi connectivity index (χ0n) is 6.76. The van der Waals surface area contributed by atoms with E-state index in [1.165, 1.54) is 11.4 Å². The molecule has 0 saturated heterocycles. The highest BCUT2D eigenvalue weighted by atomic mass is 35.5. The van der Waals surface area contributed by atoms with Crippen LogP contribution in [0.2, 0.25) is 0 Å². The molecule has 10 heavy (non-hydrogen) atoms. The van der Waals surface area contributed by atoms with Crippen LogP contribution in [-0.2, 0) is 0 Å². The molecule has 0 spiro atoms. The summed E-state index contributed by atoms with van der Waals surface area (Å²) in [6.07, 6.45) is 4.99. The van der Waals surface area contributed by atoms with Gasteiger partial charge in [-0.2, -0.15) is 0 Å². The summed E-state index contributed by atoms with van der Waals surface area (Å²) in [6, 6.07) is 0. The Balaban J connectivity index is 0.000000810. The third-order valence-electron chi connectivity index (χ3n) is 2.08. The maximum atomic E-state index is 2.23. The van der Waals surface area contributed by atoms with Crippen LogP contribution >= 0.6 is 0 Å². The summed E-state index contributed by atoms with van der Waals surface area (Å²) in [5.41, 5.74) is 0. The molecule has 3 heteroatoms. The van der Waals surface area contributed by atoms with Crippen molar-refractivity contribution >= 4 is 0 Å².